The van der Waals surface area contributed by atoms with Crippen molar-refractivity contribution in [1.82, 2.24) is 15.7 Å². The van der Waals surface area contributed by atoms with Crippen molar-refractivity contribution in [3.8, 4) is 11.8 Å². The minimum Gasteiger partial charge on any atom is -0.339 e. The summed E-state index contributed by atoms with van der Waals surface area (Å²) >= 11 is 0. The summed E-state index contributed by atoms with van der Waals surface area (Å²) in [6.07, 6.45) is -3.07. The van der Waals surface area contributed by atoms with Crippen LogP contribution in [0.5, 0.6) is 0 Å². The number of benzene rings is 2. The molecule has 0 spiro atoms. The maximum atomic E-state index is 12.8. The van der Waals surface area contributed by atoms with Crippen LogP contribution in [0.1, 0.15) is 27.0 Å². The summed E-state index contributed by atoms with van der Waals surface area (Å²) in [6, 6.07) is 10.1. The van der Waals surface area contributed by atoms with Gasteiger partial charge in [-0.05, 0) is 56.1 Å². The number of nitrogens with one attached hydrogen (secondary N) is 2. The van der Waals surface area contributed by atoms with Gasteiger partial charge in [0.1, 0.15) is 6.04 Å². The molecule has 2 rings (SSSR count). The molecule has 9 heteroatoms. The summed E-state index contributed by atoms with van der Waals surface area (Å²) in [5, 5.41) is 10.8. The SMILES string of the molecule is CN(C)Cc1ccc(C#Cc2ccc(C(=O)N[C@H](C(=O)NO)C(N)C(F)F)cc2)cc1. The number of carbonyl (C=O) groups is 2. The Bertz CT molecular complexity index is 951. The molecule has 2 atom stereocenters. The van der Waals surface area contributed by atoms with Crippen LogP contribution in [0.25, 0.3) is 0 Å². The smallest absolute Gasteiger partial charge is 0.267 e. The molecule has 7 nitrogen and oxygen atoms in total. The monoisotopic (exact) mass is 430 g/mol. The van der Waals surface area contributed by atoms with Crippen molar-refractivity contribution in [3.63, 3.8) is 0 Å². The molecule has 0 fully saturated rings. The standard InChI is InChI=1S/C22H24F2N4O3/c1-28(2)13-16-7-5-14(6-8-16)3-4-15-9-11-17(12-10-15)21(29)26-19(22(30)27-31)18(25)20(23)24/h5-12,18-20,31H,13,25H2,1-2H3,(H,26,29)(H,27,30)/t18?,19-/m0/s1. The van der Waals surface area contributed by atoms with Gasteiger partial charge in [0, 0.05) is 23.2 Å². The van der Waals surface area contributed by atoms with Gasteiger partial charge in [-0.3, -0.25) is 14.8 Å². The average Bonchev–Trinajstić information content (AvgIpc) is 2.75. The maximum Gasteiger partial charge on any atom is 0.267 e. The number of rotatable bonds is 7. The molecule has 0 saturated carbocycles. The van der Waals surface area contributed by atoms with Crippen molar-refractivity contribution in [2.45, 2.75) is 25.1 Å². The fourth-order valence-electron chi connectivity index (χ4n) is 2.68. The van der Waals surface area contributed by atoms with E-state index in [0.717, 1.165) is 12.1 Å². The van der Waals surface area contributed by atoms with E-state index in [1.165, 1.54) is 23.2 Å². The van der Waals surface area contributed by atoms with Crippen LogP contribution in [0.2, 0.25) is 0 Å². The van der Waals surface area contributed by atoms with E-state index in [4.69, 9.17) is 10.9 Å². The van der Waals surface area contributed by atoms with E-state index in [2.05, 4.69) is 22.1 Å². The van der Waals surface area contributed by atoms with Crippen LogP contribution >= 0.6 is 0 Å². The molecule has 2 aromatic rings. The number of carbonyl (C=O) groups excluding carboxylic acids is 2. The number of hydroxylamine groups is 1. The van der Waals surface area contributed by atoms with Gasteiger partial charge in [0.05, 0.1) is 6.04 Å². The first-order valence-corrected chi connectivity index (χ1v) is 9.35. The first-order chi connectivity index (χ1) is 14.7. The lowest BCUT2D eigenvalue weighted by Crippen LogP contribution is -2.58. The molecule has 0 aliphatic heterocycles. The predicted molar refractivity (Wildman–Crippen MR) is 111 cm³/mol. The summed E-state index contributed by atoms with van der Waals surface area (Å²) in [6.45, 7) is 0.834. The molecule has 0 saturated heterocycles. The van der Waals surface area contributed by atoms with Crippen molar-refractivity contribution in [3.05, 3.63) is 70.8 Å². The lowest BCUT2D eigenvalue weighted by atomic mass is 10.1. The van der Waals surface area contributed by atoms with Gasteiger partial charge in [-0.15, -0.1) is 0 Å². The van der Waals surface area contributed by atoms with Gasteiger partial charge in [0.15, 0.2) is 0 Å². The van der Waals surface area contributed by atoms with Gasteiger partial charge in [0.2, 0.25) is 0 Å². The second-order valence-corrected chi connectivity index (χ2v) is 7.10. The third-order valence-electron chi connectivity index (χ3n) is 4.31. The van der Waals surface area contributed by atoms with Crippen LogP contribution in [0, 0.1) is 11.8 Å². The van der Waals surface area contributed by atoms with Crippen molar-refractivity contribution in [1.29, 1.82) is 0 Å². The minimum atomic E-state index is -3.07. The van der Waals surface area contributed by atoms with Gasteiger partial charge in [0.25, 0.3) is 18.2 Å². The van der Waals surface area contributed by atoms with Crippen LogP contribution in [0.15, 0.2) is 48.5 Å². The lowest BCUT2D eigenvalue weighted by molar-refractivity contribution is -0.132. The van der Waals surface area contributed by atoms with E-state index in [-0.39, 0.29) is 5.56 Å². The molecular formula is C22H24F2N4O3. The molecule has 1 unspecified atom stereocenters. The molecule has 0 aliphatic rings. The fraction of sp³-hybridized carbons (Fsp3) is 0.273. The van der Waals surface area contributed by atoms with Crippen molar-refractivity contribution in [2.24, 2.45) is 5.73 Å². The maximum absolute atomic E-state index is 12.8. The van der Waals surface area contributed by atoms with Crippen LogP contribution in [0.3, 0.4) is 0 Å². The number of hydrogen-bond donors (Lipinski definition) is 4. The van der Waals surface area contributed by atoms with Crippen LogP contribution in [-0.2, 0) is 11.3 Å². The molecule has 164 valence electrons. The summed E-state index contributed by atoms with van der Waals surface area (Å²) < 4.78 is 25.7. The van der Waals surface area contributed by atoms with Crippen molar-refractivity contribution in [2.75, 3.05) is 14.1 Å². The third kappa shape index (κ3) is 7.15. The average molecular weight is 430 g/mol. The molecule has 0 heterocycles. The Morgan fingerprint density at radius 1 is 1.03 bits per heavy atom. The molecule has 0 aliphatic carbocycles. The Morgan fingerprint density at radius 3 is 2.00 bits per heavy atom. The quantitative estimate of drug-likeness (QED) is 0.301. The van der Waals surface area contributed by atoms with Gasteiger partial charge < -0.3 is 16.0 Å². The number of nitrogens with two attached hydrogens (primary N) is 1. The van der Waals surface area contributed by atoms with Gasteiger partial charge in [-0.25, -0.2) is 14.3 Å². The van der Waals surface area contributed by atoms with Crippen molar-refractivity contribution < 1.29 is 23.6 Å². The fourth-order valence-corrected chi connectivity index (χ4v) is 2.68. The topological polar surface area (TPSA) is 108 Å². The second kappa shape index (κ2) is 11.2. The number of nitrogens with zero attached hydrogens (tertiary/aromatic N) is 1. The highest BCUT2D eigenvalue weighted by Gasteiger charge is 2.33. The van der Waals surface area contributed by atoms with E-state index in [9.17, 15) is 18.4 Å². The molecule has 0 bridgehead atoms. The van der Waals surface area contributed by atoms with Crippen LogP contribution in [-0.4, -0.2) is 54.5 Å². The normalized spacial score (nSPS) is 12.6. The highest BCUT2D eigenvalue weighted by atomic mass is 19.3. The third-order valence-corrected chi connectivity index (χ3v) is 4.31. The number of amides is 2. The zero-order chi connectivity index (χ0) is 23.0. The zero-order valence-corrected chi connectivity index (χ0v) is 17.1. The predicted octanol–water partition coefficient (Wildman–Crippen LogP) is 1.34. The molecule has 0 radical (unpaired) electrons. The molecule has 5 N–H and O–H groups in total. The van der Waals surface area contributed by atoms with E-state index in [0.29, 0.717) is 5.56 Å². The Morgan fingerprint density at radius 2 is 1.55 bits per heavy atom. The summed E-state index contributed by atoms with van der Waals surface area (Å²) in [7, 11) is 3.98. The molecule has 2 amide bonds. The minimum absolute atomic E-state index is 0.121. The molecule has 0 aromatic heterocycles. The van der Waals surface area contributed by atoms with Gasteiger partial charge in [-0.2, -0.15) is 0 Å². The second-order valence-electron chi connectivity index (χ2n) is 7.10. The summed E-state index contributed by atoms with van der Waals surface area (Å²) in [5.41, 5.74) is 9.25. The summed E-state index contributed by atoms with van der Waals surface area (Å²) in [5.74, 6) is 3.98. The Balaban J connectivity index is 2.07. The molecule has 31 heavy (non-hydrogen) atoms. The molecular weight excluding hydrogens is 406 g/mol. The largest absolute Gasteiger partial charge is 0.339 e. The highest BCUT2D eigenvalue weighted by molar-refractivity contribution is 5.97. The van der Waals surface area contributed by atoms with E-state index in [1.54, 1.807) is 12.1 Å². The van der Waals surface area contributed by atoms with Crippen LogP contribution < -0.4 is 16.5 Å². The Labute approximate surface area is 179 Å². The zero-order valence-electron chi connectivity index (χ0n) is 17.1. The molecule has 2 aromatic carbocycles. The first kappa shape index (κ1) is 24.0. The first-order valence-electron chi connectivity index (χ1n) is 9.35. The van der Waals surface area contributed by atoms with E-state index in [1.807, 2.05) is 38.4 Å². The van der Waals surface area contributed by atoms with Gasteiger partial charge in [-0.1, -0.05) is 24.0 Å². The van der Waals surface area contributed by atoms with E-state index >= 15 is 0 Å². The number of halogens is 2. The van der Waals surface area contributed by atoms with Gasteiger partial charge >= 0.3 is 0 Å². The summed E-state index contributed by atoms with van der Waals surface area (Å²) in [4.78, 5) is 25.9. The Kier molecular flexibility index (Phi) is 8.63. The Hall–Kier alpha value is -3.32. The highest BCUT2D eigenvalue weighted by Crippen LogP contribution is 2.09. The number of hydrogen-bond acceptors (Lipinski definition) is 5. The van der Waals surface area contributed by atoms with E-state index < -0.39 is 30.3 Å². The van der Waals surface area contributed by atoms with Crippen molar-refractivity contribution >= 4 is 11.8 Å². The van der Waals surface area contributed by atoms with Crippen LogP contribution in [0.4, 0.5) is 8.78 Å². The number of alkyl halides is 2. The lowest BCUT2D eigenvalue weighted by Gasteiger charge is -2.22.